The lowest BCUT2D eigenvalue weighted by atomic mass is 10.1. The Labute approximate surface area is 96.5 Å². The predicted molar refractivity (Wildman–Crippen MR) is 64.4 cm³/mol. The van der Waals surface area contributed by atoms with E-state index in [1.807, 2.05) is 12.1 Å². The Morgan fingerprint density at radius 1 is 1.20 bits per heavy atom. The normalized spacial score (nSPS) is 13.8. The molecule has 1 aliphatic carbocycles. The minimum Gasteiger partial charge on any atom is -0.465 e. The highest BCUT2D eigenvalue weighted by Crippen LogP contribution is 2.33. The smallest absolute Gasteiger partial charge is 0.130 e. The van der Waals surface area contributed by atoms with Crippen LogP contribution >= 0.6 is 15.9 Å². The summed E-state index contributed by atoms with van der Waals surface area (Å²) in [6.45, 7) is 0. The van der Waals surface area contributed by atoms with E-state index in [0.717, 1.165) is 16.7 Å². The zero-order chi connectivity index (χ0) is 10.3. The Morgan fingerprint density at radius 3 is 2.93 bits per heavy atom. The van der Waals surface area contributed by atoms with Crippen molar-refractivity contribution in [2.45, 2.75) is 6.42 Å². The summed E-state index contributed by atoms with van der Waals surface area (Å²) in [5.41, 5.74) is 3.91. The minimum absolute atomic E-state index is 0.961. The maximum absolute atomic E-state index is 5.40. The van der Waals surface area contributed by atoms with Gasteiger partial charge in [0.25, 0.3) is 0 Å². The van der Waals surface area contributed by atoms with Crippen LogP contribution in [0.5, 0.6) is 0 Å². The maximum atomic E-state index is 5.40. The molecule has 2 heteroatoms. The molecule has 0 N–H and O–H groups in total. The second-order valence-electron chi connectivity index (χ2n) is 3.67. The first-order valence-electron chi connectivity index (χ1n) is 4.86. The monoisotopic (exact) mass is 260 g/mol. The van der Waals surface area contributed by atoms with Crippen LogP contribution in [0.15, 0.2) is 45.5 Å². The van der Waals surface area contributed by atoms with Gasteiger partial charge >= 0.3 is 0 Å². The zero-order valence-electron chi connectivity index (χ0n) is 8.03. The van der Waals surface area contributed by atoms with Crippen LogP contribution in [0.2, 0.25) is 0 Å². The lowest BCUT2D eigenvalue weighted by Gasteiger charge is -1.98. The number of furan rings is 1. The van der Waals surface area contributed by atoms with Crippen LogP contribution in [0, 0.1) is 0 Å². The van der Waals surface area contributed by atoms with E-state index in [0.29, 0.717) is 0 Å². The molecule has 0 amide bonds. The van der Waals surface area contributed by atoms with Gasteiger partial charge in [-0.05, 0) is 47.0 Å². The van der Waals surface area contributed by atoms with Gasteiger partial charge in [0.1, 0.15) is 5.76 Å². The summed E-state index contributed by atoms with van der Waals surface area (Å²) in [5, 5.41) is 0. The minimum atomic E-state index is 0.961. The number of fused-ring (bicyclic) bond motifs is 1. The molecule has 1 heterocycles. The van der Waals surface area contributed by atoms with Gasteiger partial charge in [-0.25, -0.2) is 0 Å². The fourth-order valence-corrected chi connectivity index (χ4v) is 2.34. The molecule has 1 aliphatic rings. The summed E-state index contributed by atoms with van der Waals surface area (Å²) in [5.74, 6) is 0.974. The molecule has 0 saturated carbocycles. The first-order chi connectivity index (χ1) is 7.33. The molecule has 1 aromatic heterocycles. The Bertz CT molecular complexity index is 523. The summed E-state index contributed by atoms with van der Waals surface area (Å²) in [6.07, 6.45) is 4.87. The molecule has 0 radical (unpaired) electrons. The molecule has 0 saturated heterocycles. The van der Waals surface area contributed by atoms with Crippen molar-refractivity contribution in [2.75, 3.05) is 0 Å². The second kappa shape index (κ2) is 3.38. The molecule has 0 unspecified atom stereocenters. The lowest BCUT2D eigenvalue weighted by Crippen LogP contribution is -1.83. The highest BCUT2D eigenvalue weighted by molar-refractivity contribution is 9.10. The van der Waals surface area contributed by atoms with Crippen LogP contribution in [0.25, 0.3) is 11.6 Å². The molecule has 2 aromatic rings. The second-order valence-corrected chi connectivity index (χ2v) is 4.58. The Morgan fingerprint density at radius 2 is 2.13 bits per heavy atom. The standard InChI is InChI=1S/C13H9BrO/c14-12-4-3-9-6-11(7-10(9)8-12)13-2-1-5-15-13/h1-6,8H,7H2. The van der Waals surface area contributed by atoms with Gasteiger partial charge in [0, 0.05) is 10.9 Å². The van der Waals surface area contributed by atoms with Crippen molar-refractivity contribution in [3.05, 3.63) is 58.0 Å². The van der Waals surface area contributed by atoms with Crippen molar-refractivity contribution < 1.29 is 4.42 Å². The van der Waals surface area contributed by atoms with Gasteiger partial charge in [0.2, 0.25) is 0 Å². The third kappa shape index (κ3) is 1.55. The van der Waals surface area contributed by atoms with E-state index in [-0.39, 0.29) is 0 Å². The molecule has 0 atom stereocenters. The van der Waals surface area contributed by atoms with Gasteiger partial charge < -0.3 is 4.42 Å². The first kappa shape index (κ1) is 8.98. The largest absolute Gasteiger partial charge is 0.465 e. The molecule has 1 nitrogen and oxygen atoms in total. The van der Waals surface area contributed by atoms with Crippen LogP contribution < -0.4 is 0 Å². The number of halogens is 1. The summed E-state index contributed by atoms with van der Waals surface area (Å²) in [7, 11) is 0. The van der Waals surface area contributed by atoms with E-state index in [4.69, 9.17) is 4.42 Å². The fraction of sp³-hybridized carbons (Fsp3) is 0.0769. The van der Waals surface area contributed by atoms with Crippen LogP contribution in [0.4, 0.5) is 0 Å². The highest BCUT2D eigenvalue weighted by atomic mass is 79.9. The average molecular weight is 261 g/mol. The van der Waals surface area contributed by atoms with E-state index in [1.165, 1.54) is 16.7 Å². The number of hydrogen-bond acceptors (Lipinski definition) is 1. The van der Waals surface area contributed by atoms with Crippen molar-refractivity contribution in [3.63, 3.8) is 0 Å². The van der Waals surface area contributed by atoms with Gasteiger partial charge in [0.15, 0.2) is 0 Å². The van der Waals surface area contributed by atoms with E-state index in [2.05, 4.69) is 40.2 Å². The summed E-state index contributed by atoms with van der Waals surface area (Å²) in [4.78, 5) is 0. The Balaban J connectivity index is 2.02. The van der Waals surface area contributed by atoms with Crippen molar-refractivity contribution in [1.29, 1.82) is 0 Å². The third-order valence-corrected chi connectivity index (χ3v) is 3.15. The van der Waals surface area contributed by atoms with E-state index in [1.54, 1.807) is 6.26 Å². The van der Waals surface area contributed by atoms with Crippen LogP contribution in [0.3, 0.4) is 0 Å². The predicted octanol–water partition coefficient (Wildman–Crippen LogP) is 4.14. The van der Waals surface area contributed by atoms with Gasteiger partial charge in [-0.1, -0.05) is 22.0 Å². The number of benzene rings is 1. The van der Waals surface area contributed by atoms with Crippen LogP contribution in [-0.4, -0.2) is 0 Å². The third-order valence-electron chi connectivity index (χ3n) is 2.65. The first-order valence-corrected chi connectivity index (χ1v) is 5.65. The van der Waals surface area contributed by atoms with Gasteiger partial charge in [-0.2, -0.15) is 0 Å². The molecular formula is C13H9BrO. The lowest BCUT2D eigenvalue weighted by molar-refractivity contribution is 0.552. The number of allylic oxidation sites excluding steroid dienone is 1. The molecule has 0 spiro atoms. The molecule has 0 bridgehead atoms. The fourth-order valence-electron chi connectivity index (χ4n) is 1.93. The highest BCUT2D eigenvalue weighted by Gasteiger charge is 2.15. The van der Waals surface area contributed by atoms with Gasteiger partial charge in [-0.15, -0.1) is 0 Å². The molecular weight excluding hydrogens is 252 g/mol. The van der Waals surface area contributed by atoms with Crippen molar-refractivity contribution in [3.8, 4) is 0 Å². The van der Waals surface area contributed by atoms with Crippen LogP contribution in [0.1, 0.15) is 16.9 Å². The number of rotatable bonds is 1. The maximum Gasteiger partial charge on any atom is 0.130 e. The Hall–Kier alpha value is -1.28. The molecule has 0 aliphatic heterocycles. The van der Waals surface area contributed by atoms with Gasteiger partial charge in [0.05, 0.1) is 6.26 Å². The van der Waals surface area contributed by atoms with E-state index >= 15 is 0 Å². The summed E-state index contributed by atoms with van der Waals surface area (Å²) < 4.78 is 6.53. The van der Waals surface area contributed by atoms with Crippen LogP contribution in [-0.2, 0) is 6.42 Å². The SMILES string of the molecule is Brc1ccc2c(c1)CC(c1ccco1)=C2. The topological polar surface area (TPSA) is 13.1 Å². The van der Waals surface area contributed by atoms with Crippen molar-refractivity contribution >= 4 is 27.6 Å². The summed E-state index contributed by atoms with van der Waals surface area (Å²) in [6, 6.07) is 10.3. The Kier molecular flexibility index (Phi) is 2.03. The molecule has 74 valence electrons. The van der Waals surface area contributed by atoms with Crippen molar-refractivity contribution in [2.24, 2.45) is 0 Å². The number of hydrogen-bond donors (Lipinski definition) is 0. The summed E-state index contributed by atoms with van der Waals surface area (Å²) >= 11 is 3.49. The molecule has 0 fully saturated rings. The molecule has 15 heavy (non-hydrogen) atoms. The molecule has 3 rings (SSSR count). The van der Waals surface area contributed by atoms with Crippen molar-refractivity contribution in [1.82, 2.24) is 0 Å². The average Bonchev–Trinajstić information content (AvgIpc) is 2.84. The zero-order valence-corrected chi connectivity index (χ0v) is 9.62. The van der Waals surface area contributed by atoms with E-state index in [9.17, 15) is 0 Å². The quantitative estimate of drug-likeness (QED) is 0.751. The molecule has 1 aromatic carbocycles. The van der Waals surface area contributed by atoms with Gasteiger partial charge in [-0.3, -0.25) is 0 Å². The van der Waals surface area contributed by atoms with E-state index < -0.39 is 0 Å².